The lowest BCUT2D eigenvalue weighted by Crippen LogP contribution is -2.26. The molecule has 1 aliphatic heterocycles. The summed E-state index contributed by atoms with van der Waals surface area (Å²) in [6.45, 7) is 0. The van der Waals surface area contributed by atoms with Gasteiger partial charge in [0.2, 0.25) is 0 Å². The summed E-state index contributed by atoms with van der Waals surface area (Å²) in [4.78, 5) is 0. The molecule has 1 saturated heterocycles. The number of rotatable bonds is 0. The molecule has 52 valence electrons. The van der Waals surface area contributed by atoms with Crippen LogP contribution in [0.15, 0.2) is 0 Å². The van der Waals surface area contributed by atoms with Crippen molar-refractivity contribution < 1.29 is 14.9 Å². The molecule has 0 aromatic rings. The van der Waals surface area contributed by atoms with E-state index < -0.39 is 5.79 Å². The smallest absolute Gasteiger partial charge is 0.193 e. The number of epoxide rings is 1. The number of fused-ring (bicyclic) bond motifs is 1. The van der Waals surface area contributed by atoms with Crippen molar-refractivity contribution in [3.05, 3.63) is 0 Å². The highest BCUT2D eigenvalue weighted by Crippen LogP contribution is 2.45. The molecule has 0 spiro atoms. The summed E-state index contributed by atoms with van der Waals surface area (Å²) in [5, 5.41) is 18.3. The molecule has 2 fully saturated rings. The van der Waals surface area contributed by atoms with Crippen LogP contribution in [0.5, 0.6) is 0 Å². The fourth-order valence-electron chi connectivity index (χ4n) is 1.40. The van der Waals surface area contributed by atoms with E-state index in [9.17, 15) is 5.11 Å². The Morgan fingerprint density at radius 2 is 2.33 bits per heavy atom. The summed E-state index contributed by atoms with van der Waals surface area (Å²) in [6.07, 6.45) is 1.56. The average Bonchev–Trinajstić information content (AvgIpc) is 2.41. The zero-order valence-corrected chi connectivity index (χ0v) is 5.08. The lowest BCUT2D eigenvalue weighted by molar-refractivity contribution is 0.00847. The molecule has 0 amide bonds. The molecular weight excluding hydrogens is 120 g/mol. The number of hydrogen-bond donors (Lipinski definition) is 2. The van der Waals surface area contributed by atoms with E-state index in [0.717, 1.165) is 0 Å². The van der Waals surface area contributed by atoms with Crippen molar-refractivity contribution >= 4 is 0 Å². The van der Waals surface area contributed by atoms with Crippen LogP contribution in [0.4, 0.5) is 0 Å². The lowest BCUT2D eigenvalue weighted by atomic mass is 9.95. The Labute approximate surface area is 53.3 Å². The molecular formula is C6H10O3. The van der Waals surface area contributed by atoms with Gasteiger partial charge in [-0.2, -0.15) is 0 Å². The molecule has 3 heteroatoms. The quantitative estimate of drug-likeness (QED) is 0.439. The Morgan fingerprint density at radius 1 is 1.56 bits per heavy atom. The van der Waals surface area contributed by atoms with E-state index in [1.165, 1.54) is 0 Å². The minimum Gasteiger partial charge on any atom is -0.393 e. The Hall–Kier alpha value is -0.120. The summed E-state index contributed by atoms with van der Waals surface area (Å²) in [5.74, 6) is -0.834. The third-order valence-corrected chi connectivity index (χ3v) is 2.11. The second kappa shape index (κ2) is 1.48. The second-order valence-corrected chi connectivity index (χ2v) is 2.88. The molecule has 1 heterocycles. The molecule has 1 saturated carbocycles. The zero-order valence-electron chi connectivity index (χ0n) is 5.08. The third kappa shape index (κ3) is 0.764. The van der Waals surface area contributed by atoms with E-state index >= 15 is 0 Å². The van der Waals surface area contributed by atoms with Gasteiger partial charge in [-0.25, -0.2) is 0 Å². The molecule has 3 unspecified atom stereocenters. The Balaban J connectivity index is 2.01. The van der Waals surface area contributed by atoms with Crippen LogP contribution in [0.3, 0.4) is 0 Å². The molecule has 0 bridgehead atoms. The molecule has 3 nitrogen and oxygen atoms in total. The van der Waals surface area contributed by atoms with Gasteiger partial charge in [0.1, 0.15) is 6.10 Å². The highest BCUT2D eigenvalue weighted by atomic mass is 16.7. The lowest BCUT2D eigenvalue weighted by Gasteiger charge is -2.15. The summed E-state index contributed by atoms with van der Waals surface area (Å²) in [7, 11) is 0. The topological polar surface area (TPSA) is 53.0 Å². The summed E-state index contributed by atoms with van der Waals surface area (Å²) < 4.78 is 4.93. The first kappa shape index (κ1) is 5.65. The molecule has 1 aliphatic carbocycles. The van der Waals surface area contributed by atoms with Crippen molar-refractivity contribution in [1.29, 1.82) is 0 Å². The molecule has 0 aromatic heterocycles. The summed E-state index contributed by atoms with van der Waals surface area (Å²) in [6, 6.07) is 0. The summed E-state index contributed by atoms with van der Waals surface area (Å²) >= 11 is 0. The maximum absolute atomic E-state index is 9.23. The van der Waals surface area contributed by atoms with Crippen LogP contribution in [0.1, 0.15) is 19.3 Å². The van der Waals surface area contributed by atoms with Crippen LogP contribution < -0.4 is 0 Å². The van der Waals surface area contributed by atoms with Gasteiger partial charge in [0.25, 0.3) is 0 Å². The number of ether oxygens (including phenoxy) is 1. The molecule has 3 atom stereocenters. The molecule has 2 aliphatic rings. The molecule has 0 aromatic carbocycles. The van der Waals surface area contributed by atoms with Crippen molar-refractivity contribution in [2.45, 2.75) is 37.3 Å². The van der Waals surface area contributed by atoms with Gasteiger partial charge in [0.05, 0.1) is 6.10 Å². The first-order chi connectivity index (χ1) is 4.21. The van der Waals surface area contributed by atoms with Crippen LogP contribution in [-0.4, -0.2) is 28.2 Å². The van der Waals surface area contributed by atoms with Gasteiger partial charge in [-0.15, -0.1) is 0 Å². The van der Waals surface area contributed by atoms with Crippen molar-refractivity contribution in [2.24, 2.45) is 0 Å². The van der Waals surface area contributed by atoms with Gasteiger partial charge in [-0.1, -0.05) is 0 Å². The Morgan fingerprint density at radius 3 is 2.89 bits per heavy atom. The fraction of sp³-hybridized carbons (Fsp3) is 1.00. The van der Waals surface area contributed by atoms with Crippen molar-refractivity contribution in [2.75, 3.05) is 0 Å². The van der Waals surface area contributed by atoms with Gasteiger partial charge in [-0.3, -0.25) is 0 Å². The zero-order chi connectivity index (χ0) is 6.48. The van der Waals surface area contributed by atoms with E-state index in [1.54, 1.807) is 0 Å². The van der Waals surface area contributed by atoms with Crippen LogP contribution in [0.2, 0.25) is 0 Å². The van der Waals surface area contributed by atoms with Gasteiger partial charge in [0, 0.05) is 12.8 Å². The molecule has 9 heavy (non-hydrogen) atoms. The predicted octanol–water partition coefficient (Wildman–Crippen LogP) is -0.381. The fourth-order valence-corrected chi connectivity index (χ4v) is 1.40. The van der Waals surface area contributed by atoms with Crippen LogP contribution in [0, 0.1) is 0 Å². The number of aliphatic hydroxyl groups excluding tert-OH is 1. The van der Waals surface area contributed by atoms with E-state index in [4.69, 9.17) is 9.84 Å². The van der Waals surface area contributed by atoms with Gasteiger partial charge >= 0.3 is 0 Å². The van der Waals surface area contributed by atoms with Crippen molar-refractivity contribution in [3.63, 3.8) is 0 Å². The monoisotopic (exact) mass is 130 g/mol. The van der Waals surface area contributed by atoms with E-state index in [-0.39, 0.29) is 12.2 Å². The molecule has 2 N–H and O–H groups in total. The van der Waals surface area contributed by atoms with Crippen molar-refractivity contribution in [3.8, 4) is 0 Å². The van der Waals surface area contributed by atoms with Crippen LogP contribution >= 0.6 is 0 Å². The van der Waals surface area contributed by atoms with Gasteiger partial charge in [0.15, 0.2) is 5.79 Å². The predicted molar refractivity (Wildman–Crippen MR) is 29.7 cm³/mol. The molecule has 0 radical (unpaired) electrons. The number of hydrogen-bond acceptors (Lipinski definition) is 3. The maximum Gasteiger partial charge on any atom is 0.193 e. The Kier molecular flexibility index (Phi) is 0.928. The third-order valence-electron chi connectivity index (χ3n) is 2.11. The first-order valence-corrected chi connectivity index (χ1v) is 3.29. The van der Waals surface area contributed by atoms with E-state index in [1.807, 2.05) is 0 Å². The second-order valence-electron chi connectivity index (χ2n) is 2.88. The maximum atomic E-state index is 9.23. The van der Waals surface area contributed by atoms with E-state index in [2.05, 4.69) is 0 Å². The Bertz CT molecular complexity index is 136. The van der Waals surface area contributed by atoms with Crippen molar-refractivity contribution in [1.82, 2.24) is 0 Å². The molecule has 2 rings (SSSR count). The minimum absolute atomic E-state index is 0.0683. The largest absolute Gasteiger partial charge is 0.393 e. The summed E-state index contributed by atoms with van der Waals surface area (Å²) in [5.41, 5.74) is 0. The van der Waals surface area contributed by atoms with Gasteiger partial charge in [-0.05, 0) is 6.42 Å². The highest BCUT2D eigenvalue weighted by Gasteiger charge is 2.57. The first-order valence-electron chi connectivity index (χ1n) is 3.29. The average molecular weight is 130 g/mol. The highest BCUT2D eigenvalue weighted by molar-refractivity contribution is 4.98. The van der Waals surface area contributed by atoms with Crippen LogP contribution in [0.25, 0.3) is 0 Å². The van der Waals surface area contributed by atoms with E-state index in [0.29, 0.717) is 19.3 Å². The van der Waals surface area contributed by atoms with Gasteiger partial charge < -0.3 is 14.9 Å². The minimum atomic E-state index is -0.834. The van der Waals surface area contributed by atoms with Crippen LogP contribution in [-0.2, 0) is 4.74 Å². The standard InChI is InChI=1S/C6H10O3/c7-4-1-2-6(8)5(3-4)9-6/h4-5,7-8H,1-3H2. The normalized spacial score (nSPS) is 56.7. The SMILES string of the molecule is OC1CCC2(O)OC2C1. The number of aliphatic hydroxyl groups is 2.